The summed E-state index contributed by atoms with van der Waals surface area (Å²) in [7, 11) is 0. The molecular weight excluding hydrogens is 246 g/mol. The molecule has 0 spiro atoms. The maximum absolute atomic E-state index is 13.1. The first kappa shape index (κ1) is 15.0. The van der Waals surface area contributed by atoms with Gasteiger partial charge in [0.25, 0.3) is 0 Å². The summed E-state index contributed by atoms with van der Waals surface area (Å²) in [6, 6.07) is 2.39. The lowest BCUT2D eigenvalue weighted by molar-refractivity contribution is -0.140. The number of alkyl halides is 3. The topological polar surface area (TPSA) is 26.0 Å². The highest BCUT2D eigenvalue weighted by molar-refractivity contribution is 5.29. The van der Waals surface area contributed by atoms with Crippen molar-refractivity contribution in [2.45, 2.75) is 39.4 Å². The molecule has 0 radical (unpaired) electrons. The first-order chi connectivity index (χ1) is 8.00. The molecule has 0 aromatic heterocycles. The highest BCUT2D eigenvalue weighted by Gasteiger charge is 2.34. The van der Waals surface area contributed by atoms with Gasteiger partial charge in [-0.15, -0.1) is 0 Å². The summed E-state index contributed by atoms with van der Waals surface area (Å²) in [5.41, 5.74) is 4.79. The standard InChI is InChI=1S/C13H17F4N/c1-12(2,3)7-11(18)8-4-5-10(14)9(6-8)13(15,16)17/h4-6,11H,7,18H2,1-3H3. The second kappa shape index (κ2) is 4.88. The highest BCUT2D eigenvalue weighted by atomic mass is 19.4. The van der Waals surface area contributed by atoms with Gasteiger partial charge in [0.2, 0.25) is 0 Å². The first-order valence-electron chi connectivity index (χ1n) is 5.63. The molecular formula is C13H17F4N. The van der Waals surface area contributed by atoms with Crippen molar-refractivity contribution >= 4 is 0 Å². The van der Waals surface area contributed by atoms with Gasteiger partial charge in [0.05, 0.1) is 5.56 Å². The third kappa shape index (κ3) is 3.98. The summed E-state index contributed by atoms with van der Waals surface area (Å²) >= 11 is 0. The van der Waals surface area contributed by atoms with Gasteiger partial charge in [0.1, 0.15) is 5.82 Å². The summed E-state index contributed by atoms with van der Waals surface area (Å²) in [5, 5.41) is 0. The van der Waals surface area contributed by atoms with E-state index >= 15 is 0 Å². The van der Waals surface area contributed by atoms with Crippen LogP contribution in [0.1, 0.15) is 44.4 Å². The predicted octanol–water partition coefficient (Wildman–Crippen LogP) is 4.28. The number of hydrogen-bond acceptors (Lipinski definition) is 1. The summed E-state index contributed by atoms with van der Waals surface area (Å²) in [5.74, 6) is -1.27. The zero-order chi connectivity index (χ0) is 14.1. The van der Waals surface area contributed by atoms with Crippen LogP contribution in [0.3, 0.4) is 0 Å². The molecule has 5 heteroatoms. The van der Waals surface area contributed by atoms with Crippen LogP contribution in [0.25, 0.3) is 0 Å². The van der Waals surface area contributed by atoms with E-state index in [1.807, 2.05) is 20.8 Å². The minimum absolute atomic E-state index is 0.105. The molecule has 1 nitrogen and oxygen atoms in total. The van der Waals surface area contributed by atoms with Gasteiger partial charge in [-0.25, -0.2) is 4.39 Å². The largest absolute Gasteiger partial charge is 0.419 e. The van der Waals surface area contributed by atoms with E-state index in [9.17, 15) is 17.6 Å². The molecule has 0 bridgehead atoms. The fourth-order valence-corrected chi connectivity index (χ4v) is 1.77. The second-order valence-electron chi connectivity index (χ2n) is 5.61. The van der Waals surface area contributed by atoms with Crippen molar-refractivity contribution in [1.82, 2.24) is 0 Å². The molecule has 1 atom stereocenters. The van der Waals surface area contributed by atoms with Crippen LogP contribution >= 0.6 is 0 Å². The van der Waals surface area contributed by atoms with E-state index in [1.54, 1.807) is 0 Å². The average molecular weight is 263 g/mol. The van der Waals surface area contributed by atoms with Crippen LogP contribution in [0.5, 0.6) is 0 Å². The molecule has 0 saturated heterocycles. The Morgan fingerprint density at radius 2 is 1.72 bits per heavy atom. The zero-order valence-electron chi connectivity index (χ0n) is 10.6. The quantitative estimate of drug-likeness (QED) is 0.792. The lowest BCUT2D eigenvalue weighted by atomic mass is 9.85. The molecule has 1 rings (SSSR count). The van der Waals surface area contributed by atoms with E-state index in [2.05, 4.69) is 0 Å². The van der Waals surface area contributed by atoms with E-state index in [0.29, 0.717) is 12.0 Å². The SMILES string of the molecule is CC(C)(C)CC(N)c1ccc(F)c(C(F)(F)F)c1. The van der Waals surface area contributed by atoms with Gasteiger partial charge in [-0.05, 0) is 29.5 Å². The number of rotatable bonds is 2. The molecule has 1 aromatic rings. The molecule has 0 fully saturated rings. The van der Waals surface area contributed by atoms with Gasteiger partial charge in [0, 0.05) is 6.04 Å². The maximum Gasteiger partial charge on any atom is 0.419 e. The van der Waals surface area contributed by atoms with Crippen molar-refractivity contribution in [2.24, 2.45) is 11.1 Å². The molecule has 0 amide bonds. The van der Waals surface area contributed by atoms with Gasteiger partial charge >= 0.3 is 6.18 Å². The van der Waals surface area contributed by atoms with Crippen molar-refractivity contribution in [3.8, 4) is 0 Å². The van der Waals surface area contributed by atoms with E-state index in [-0.39, 0.29) is 5.41 Å². The summed E-state index contributed by atoms with van der Waals surface area (Å²) in [6.07, 6.45) is -4.17. The number of benzene rings is 1. The third-order valence-corrected chi connectivity index (χ3v) is 2.56. The van der Waals surface area contributed by atoms with E-state index in [1.165, 1.54) is 6.07 Å². The molecule has 2 N–H and O–H groups in total. The van der Waals surface area contributed by atoms with Crippen molar-refractivity contribution in [1.29, 1.82) is 0 Å². The van der Waals surface area contributed by atoms with Gasteiger partial charge < -0.3 is 5.73 Å². The van der Waals surface area contributed by atoms with Crippen molar-refractivity contribution in [3.63, 3.8) is 0 Å². The molecule has 102 valence electrons. The second-order valence-corrected chi connectivity index (χ2v) is 5.61. The van der Waals surface area contributed by atoms with Gasteiger partial charge in [-0.1, -0.05) is 26.8 Å². The van der Waals surface area contributed by atoms with Gasteiger partial charge in [-0.3, -0.25) is 0 Å². The Morgan fingerprint density at radius 1 is 1.17 bits per heavy atom. The van der Waals surface area contributed by atoms with Crippen LogP contribution in [0, 0.1) is 11.2 Å². The van der Waals surface area contributed by atoms with E-state index in [0.717, 1.165) is 12.1 Å². The van der Waals surface area contributed by atoms with Crippen LogP contribution < -0.4 is 5.73 Å². The van der Waals surface area contributed by atoms with Crippen LogP contribution in [0.15, 0.2) is 18.2 Å². The number of hydrogen-bond donors (Lipinski definition) is 1. The molecule has 0 aliphatic carbocycles. The van der Waals surface area contributed by atoms with Crippen molar-refractivity contribution in [3.05, 3.63) is 35.1 Å². The van der Waals surface area contributed by atoms with Crippen LogP contribution in [0.4, 0.5) is 17.6 Å². The van der Waals surface area contributed by atoms with Crippen LogP contribution in [-0.4, -0.2) is 0 Å². The van der Waals surface area contributed by atoms with Gasteiger partial charge in [-0.2, -0.15) is 13.2 Å². The molecule has 18 heavy (non-hydrogen) atoms. The van der Waals surface area contributed by atoms with Crippen LogP contribution in [0.2, 0.25) is 0 Å². The Morgan fingerprint density at radius 3 is 2.17 bits per heavy atom. The highest BCUT2D eigenvalue weighted by Crippen LogP contribution is 2.34. The first-order valence-corrected chi connectivity index (χ1v) is 5.63. The Bertz CT molecular complexity index is 418. The van der Waals surface area contributed by atoms with Crippen LogP contribution in [-0.2, 0) is 6.18 Å². The Balaban J connectivity index is 3.06. The predicted molar refractivity (Wildman–Crippen MR) is 62.4 cm³/mol. The van der Waals surface area contributed by atoms with Crippen molar-refractivity contribution in [2.75, 3.05) is 0 Å². The minimum atomic E-state index is -4.69. The lowest BCUT2D eigenvalue weighted by Crippen LogP contribution is -2.19. The Kier molecular flexibility index (Phi) is 4.05. The zero-order valence-corrected chi connectivity index (χ0v) is 10.6. The van der Waals surface area contributed by atoms with Gasteiger partial charge in [0.15, 0.2) is 0 Å². The minimum Gasteiger partial charge on any atom is -0.324 e. The summed E-state index contributed by atoms with van der Waals surface area (Å²) in [4.78, 5) is 0. The fourth-order valence-electron chi connectivity index (χ4n) is 1.77. The summed E-state index contributed by atoms with van der Waals surface area (Å²) in [6.45, 7) is 5.84. The molecule has 0 saturated carbocycles. The monoisotopic (exact) mass is 263 g/mol. The number of halogens is 4. The lowest BCUT2D eigenvalue weighted by Gasteiger charge is -2.24. The molecule has 1 unspecified atom stereocenters. The third-order valence-electron chi connectivity index (χ3n) is 2.56. The number of nitrogens with two attached hydrogens (primary N) is 1. The normalized spacial score (nSPS) is 14.7. The maximum atomic E-state index is 13.1. The summed E-state index contributed by atoms with van der Waals surface area (Å²) < 4.78 is 50.8. The van der Waals surface area contributed by atoms with E-state index in [4.69, 9.17) is 5.73 Å². The van der Waals surface area contributed by atoms with Crippen molar-refractivity contribution < 1.29 is 17.6 Å². The Labute approximate surface area is 104 Å². The fraction of sp³-hybridized carbons (Fsp3) is 0.538. The molecule has 0 heterocycles. The smallest absolute Gasteiger partial charge is 0.324 e. The van der Waals surface area contributed by atoms with E-state index < -0.39 is 23.6 Å². The molecule has 0 aliphatic rings. The Hall–Kier alpha value is -1.10. The average Bonchev–Trinajstić information content (AvgIpc) is 2.13. The molecule has 1 aromatic carbocycles. The molecule has 0 aliphatic heterocycles.